The number of allylic oxidation sites excluding steroid dienone is 4. The van der Waals surface area contributed by atoms with Gasteiger partial charge in [-0.25, -0.2) is 0 Å². The van der Waals surface area contributed by atoms with E-state index in [-0.39, 0.29) is 29.7 Å². The lowest BCUT2D eigenvalue weighted by Gasteiger charge is -2.42. The summed E-state index contributed by atoms with van der Waals surface area (Å²) in [6.45, 7) is 23.9. The van der Waals surface area contributed by atoms with Crippen LogP contribution in [0.2, 0.25) is 0 Å². The number of ether oxygens (including phenoxy) is 2. The average Bonchev–Trinajstić information content (AvgIpc) is 3.24. The van der Waals surface area contributed by atoms with E-state index in [0.29, 0.717) is 44.6 Å². The second-order valence-corrected chi connectivity index (χ2v) is 16.2. The highest BCUT2D eigenvalue weighted by molar-refractivity contribution is 6.01. The van der Waals surface area contributed by atoms with Crippen molar-refractivity contribution in [3.05, 3.63) is 132 Å². The van der Waals surface area contributed by atoms with E-state index in [1.54, 1.807) is 0 Å². The van der Waals surface area contributed by atoms with Crippen molar-refractivity contribution in [3.63, 3.8) is 0 Å². The van der Waals surface area contributed by atoms with Gasteiger partial charge in [0.15, 0.2) is 0 Å². The lowest BCUT2D eigenvalue weighted by molar-refractivity contribution is -0.148. The van der Waals surface area contributed by atoms with Crippen LogP contribution < -0.4 is 0 Å². The van der Waals surface area contributed by atoms with Crippen LogP contribution in [-0.4, -0.2) is 36.6 Å². The number of esters is 2. The van der Waals surface area contributed by atoms with Crippen LogP contribution in [0.1, 0.15) is 114 Å². The zero-order valence-corrected chi connectivity index (χ0v) is 35.6. The number of benzene rings is 4. The predicted octanol–water partition coefficient (Wildman–Crippen LogP) is 12.5. The third kappa shape index (κ3) is 8.87. The average molecular weight is 777 g/mol. The van der Waals surface area contributed by atoms with Crippen LogP contribution in [-0.2, 0) is 30.9 Å². The second kappa shape index (κ2) is 18.5. The molecular formula is C52H60N2O4. The molecule has 4 aromatic carbocycles. The molecule has 0 aromatic heterocycles. The zero-order valence-electron chi connectivity index (χ0n) is 35.6. The molecule has 0 fully saturated rings. The topological polar surface area (TPSA) is 77.3 Å². The first-order valence-electron chi connectivity index (χ1n) is 21.2. The van der Waals surface area contributed by atoms with Crippen molar-refractivity contribution in [1.82, 2.24) is 0 Å². The standard InChI is InChI=1S/C52H60N2O4/c1-10-43-26-23-33(4)49-46(38(9)54-43)29-41-20-15-16-22-44(41)47(49)30-42(51(56)58-12-3)21-17-27-52(32-34(5)50(55)57-11-2)35(6)24-25-36(7)53-37(8)45-28-39-18-13-14-19-40(39)31-48(45)52/h13-16,18-20,22-26,28-29,31,33-35,42H,8-12,17,21,27,30,32H2,1-7H3/b25-24-,26-23-,53-36+,54-43+. The summed E-state index contributed by atoms with van der Waals surface area (Å²) in [6.07, 6.45) is 12.6. The molecule has 0 saturated carbocycles. The first-order chi connectivity index (χ1) is 27.9. The Hall–Kier alpha value is -5.36. The molecule has 0 aliphatic carbocycles. The quantitative estimate of drug-likeness (QED) is 0.127. The van der Waals surface area contributed by atoms with Gasteiger partial charge in [0, 0.05) is 33.9 Å². The summed E-state index contributed by atoms with van der Waals surface area (Å²) in [4.78, 5) is 37.5. The minimum atomic E-state index is -0.523. The van der Waals surface area contributed by atoms with E-state index in [0.717, 1.165) is 79.3 Å². The van der Waals surface area contributed by atoms with Crippen molar-refractivity contribution in [2.75, 3.05) is 13.2 Å². The Morgan fingerprint density at radius 3 is 2.16 bits per heavy atom. The Morgan fingerprint density at radius 2 is 1.45 bits per heavy atom. The summed E-state index contributed by atoms with van der Waals surface area (Å²) in [5.74, 6) is -1.09. The summed E-state index contributed by atoms with van der Waals surface area (Å²) < 4.78 is 11.5. The van der Waals surface area contributed by atoms with E-state index in [2.05, 4.69) is 125 Å². The van der Waals surface area contributed by atoms with Gasteiger partial charge < -0.3 is 9.47 Å². The highest BCUT2D eigenvalue weighted by atomic mass is 16.5. The SMILES string of the molecule is C=C1/N=C(C)/C=C\C(C)C(CCCC(Cc2c3c(cc4ccccc24)C(=C)/N=C(CC)/C=C\C3C)C(=O)OCC)(CC(C)C(=O)OCC)c2cc3ccccc3cc21. The summed E-state index contributed by atoms with van der Waals surface area (Å²) in [5, 5.41) is 4.46. The molecule has 6 rings (SSSR count). The molecule has 0 spiro atoms. The van der Waals surface area contributed by atoms with Crippen LogP contribution in [0.3, 0.4) is 0 Å². The van der Waals surface area contributed by atoms with Gasteiger partial charge in [-0.2, -0.15) is 0 Å². The lowest BCUT2D eigenvalue weighted by atomic mass is 9.61. The van der Waals surface area contributed by atoms with E-state index >= 15 is 0 Å². The fourth-order valence-electron chi connectivity index (χ4n) is 9.30. The van der Waals surface area contributed by atoms with Crippen LogP contribution in [0, 0.1) is 17.8 Å². The zero-order chi connectivity index (χ0) is 41.6. The Morgan fingerprint density at radius 1 is 0.810 bits per heavy atom. The number of fused-ring (bicyclic) bond motifs is 4. The number of aliphatic imine (C=N–C) groups is 2. The molecule has 302 valence electrons. The molecule has 5 unspecified atom stereocenters. The Labute approximate surface area is 345 Å². The third-order valence-corrected chi connectivity index (χ3v) is 12.3. The minimum Gasteiger partial charge on any atom is -0.466 e. The molecule has 0 amide bonds. The first kappa shape index (κ1) is 42.3. The van der Waals surface area contributed by atoms with Crippen molar-refractivity contribution in [2.45, 2.75) is 98.3 Å². The van der Waals surface area contributed by atoms with Gasteiger partial charge in [0.1, 0.15) is 0 Å². The van der Waals surface area contributed by atoms with Crippen molar-refractivity contribution >= 4 is 56.3 Å². The van der Waals surface area contributed by atoms with Gasteiger partial charge in [-0.1, -0.05) is 108 Å². The highest BCUT2D eigenvalue weighted by Gasteiger charge is 2.42. The maximum Gasteiger partial charge on any atom is 0.309 e. The van der Waals surface area contributed by atoms with Gasteiger partial charge in [-0.15, -0.1) is 0 Å². The molecule has 6 nitrogen and oxygen atoms in total. The highest BCUT2D eigenvalue weighted by Crippen LogP contribution is 2.49. The largest absolute Gasteiger partial charge is 0.466 e. The van der Waals surface area contributed by atoms with Crippen LogP contribution in [0.25, 0.3) is 32.9 Å². The van der Waals surface area contributed by atoms with E-state index < -0.39 is 11.3 Å². The van der Waals surface area contributed by atoms with Gasteiger partial charge in [-0.05, 0) is 127 Å². The Kier molecular flexibility index (Phi) is 13.5. The maximum absolute atomic E-state index is 14.2. The number of hydrogen-bond donors (Lipinski definition) is 0. The van der Waals surface area contributed by atoms with E-state index in [4.69, 9.17) is 19.5 Å². The minimum absolute atomic E-state index is 0.00590. The van der Waals surface area contributed by atoms with Gasteiger partial charge in [0.2, 0.25) is 0 Å². The lowest BCUT2D eigenvalue weighted by Crippen LogP contribution is -2.38. The van der Waals surface area contributed by atoms with Crippen LogP contribution in [0.15, 0.2) is 114 Å². The summed E-state index contributed by atoms with van der Waals surface area (Å²) >= 11 is 0. The number of hydrogen-bond acceptors (Lipinski definition) is 6. The van der Waals surface area contributed by atoms with Crippen LogP contribution in [0.5, 0.6) is 0 Å². The molecule has 58 heavy (non-hydrogen) atoms. The monoisotopic (exact) mass is 776 g/mol. The number of nitrogens with zero attached hydrogens (tertiary/aromatic N) is 2. The smallest absolute Gasteiger partial charge is 0.309 e. The molecule has 0 saturated heterocycles. The summed E-state index contributed by atoms with van der Waals surface area (Å²) in [5.41, 5.74) is 8.24. The molecule has 0 bridgehead atoms. The number of rotatable bonds is 13. The third-order valence-electron chi connectivity index (χ3n) is 12.3. The Bertz CT molecular complexity index is 2340. The van der Waals surface area contributed by atoms with Crippen molar-refractivity contribution in [3.8, 4) is 0 Å². The molecule has 2 aliphatic heterocycles. The van der Waals surface area contributed by atoms with Crippen LogP contribution >= 0.6 is 0 Å². The van der Waals surface area contributed by atoms with Crippen molar-refractivity contribution in [1.29, 1.82) is 0 Å². The fourth-order valence-corrected chi connectivity index (χ4v) is 9.30. The first-order valence-corrected chi connectivity index (χ1v) is 21.2. The van der Waals surface area contributed by atoms with E-state index in [1.165, 1.54) is 0 Å². The predicted molar refractivity (Wildman–Crippen MR) is 242 cm³/mol. The molecule has 6 heteroatoms. The molecule has 0 N–H and O–H groups in total. The van der Waals surface area contributed by atoms with E-state index in [1.807, 2.05) is 27.7 Å². The Balaban J connectivity index is 1.46. The fraction of sp³-hybridized carbons (Fsp3) is 0.385. The van der Waals surface area contributed by atoms with Crippen molar-refractivity contribution < 1.29 is 19.1 Å². The summed E-state index contributed by atoms with van der Waals surface area (Å²) in [6, 6.07) is 23.5. The van der Waals surface area contributed by atoms with Crippen molar-refractivity contribution in [2.24, 2.45) is 27.7 Å². The number of carbonyl (C=O) groups is 2. The molecule has 2 aliphatic rings. The van der Waals surface area contributed by atoms with Gasteiger partial charge in [0.25, 0.3) is 0 Å². The van der Waals surface area contributed by atoms with Gasteiger partial charge >= 0.3 is 11.9 Å². The maximum atomic E-state index is 14.2. The number of carbonyl (C=O) groups excluding carboxylic acids is 2. The molecule has 5 atom stereocenters. The normalized spacial score (nSPS) is 23.3. The molecular weight excluding hydrogens is 717 g/mol. The molecule has 0 radical (unpaired) electrons. The molecule has 4 aromatic rings. The van der Waals surface area contributed by atoms with Gasteiger partial charge in [-0.3, -0.25) is 19.6 Å². The van der Waals surface area contributed by atoms with E-state index in [9.17, 15) is 9.59 Å². The van der Waals surface area contributed by atoms with Crippen LogP contribution in [0.4, 0.5) is 0 Å². The second-order valence-electron chi connectivity index (χ2n) is 16.2. The summed E-state index contributed by atoms with van der Waals surface area (Å²) in [7, 11) is 0. The molecule has 2 heterocycles. The van der Waals surface area contributed by atoms with Gasteiger partial charge in [0.05, 0.1) is 36.4 Å².